The van der Waals surface area contributed by atoms with Crippen molar-refractivity contribution in [1.29, 1.82) is 0 Å². The third-order valence-corrected chi connectivity index (χ3v) is 4.77. The number of hydrogen-bond donors (Lipinski definition) is 2. The highest BCUT2D eigenvalue weighted by atomic mass is 16.5. The molecule has 0 amide bonds. The topological polar surface area (TPSA) is 83.6 Å². The fraction of sp³-hybridized carbons (Fsp3) is 0.143. The van der Waals surface area contributed by atoms with E-state index >= 15 is 0 Å². The molecule has 1 aromatic heterocycles. The van der Waals surface area contributed by atoms with Crippen LogP contribution in [-0.4, -0.2) is 21.7 Å². The molecule has 5 nitrogen and oxygen atoms in total. The molecule has 26 heavy (non-hydrogen) atoms. The number of aliphatic hydroxyl groups excluding tert-OH is 1. The van der Waals surface area contributed by atoms with Gasteiger partial charge in [0.05, 0.1) is 5.92 Å². The van der Waals surface area contributed by atoms with E-state index in [2.05, 4.69) is 5.16 Å². The van der Waals surface area contributed by atoms with Crippen molar-refractivity contribution in [2.24, 2.45) is 0 Å². The number of aliphatic hydroxyl groups is 2. The molecule has 0 aliphatic heterocycles. The first-order chi connectivity index (χ1) is 12.6. The molecule has 0 saturated heterocycles. The minimum Gasteiger partial charge on any atom is -0.511 e. The lowest BCUT2D eigenvalue weighted by atomic mass is 9.75. The number of hydrogen-bond acceptors (Lipinski definition) is 5. The number of para-hydroxylation sites is 1. The van der Waals surface area contributed by atoms with E-state index in [1.165, 1.54) is 0 Å². The summed E-state index contributed by atoms with van der Waals surface area (Å²) in [5.41, 5.74) is 1.03. The summed E-state index contributed by atoms with van der Waals surface area (Å²) in [5, 5.41) is 26.9. The molecule has 3 aromatic rings. The summed E-state index contributed by atoms with van der Waals surface area (Å²) >= 11 is 0. The number of rotatable bonds is 4. The maximum absolute atomic E-state index is 11.5. The van der Waals surface area contributed by atoms with Crippen LogP contribution in [0.2, 0.25) is 0 Å². The van der Waals surface area contributed by atoms with Crippen molar-refractivity contribution >= 4 is 17.3 Å². The number of nitrogens with zero attached hydrogens (tertiary/aromatic N) is 1. The summed E-state index contributed by atoms with van der Waals surface area (Å²) in [6.45, 7) is 0. The molecule has 2 atom stereocenters. The van der Waals surface area contributed by atoms with Crippen LogP contribution in [0.5, 0.6) is 0 Å². The van der Waals surface area contributed by atoms with Crippen molar-refractivity contribution in [2.75, 3.05) is 0 Å². The molecule has 0 saturated carbocycles. The van der Waals surface area contributed by atoms with Gasteiger partial charge in [-0.05, 0) is 35.4 Å². The smallest absolute Gasteiger partial charge is 0.167 e. The fourth-order valence-electron chi connectivity index (χ4n) is 3.44. The van der Waals surface area contributed by atoms with E-state index in [4.69, 9.17) is 4.52 Å². The highest BCUT2D eigenvalue weighted by Crippen LogP contribution is 2.45. The Bertz CT molecular complexity index is 1020. The lowest BCUT2D eigenvalue weighted by molar-refractivity contribution is -0.107. The Morgan fingerprint density at radius 2 is 1.92 bits per heavy atom. The van der Waals surface area contributed by atoms with E-state index in [1.807, 2.05) is 18.2 Å². The molecule has 1 aliphatic rings. The highest BCUT2D eigenvalue weighted by molar-refractivity contribution is 5.80. The second kappa shape index (κ2) is 6.28. The second-order valence-corrected chi connectivity index (χ2v) is 6.34. The van der Waals surface area contributed by atoms with Crippen LogP contribution in [0.1, 0.15) is 22.7 Å². The highest BCUT2D eigenvalue weighted by Gasteiger charge is 2.44. The monoisotopic (exact) mass is 347 g/mol. The molecular formula is C21H17NO4. The van der Waals surface area contributed by atoms with Gasteiger partial charge in [-0.1, -0.05) is 47.6 Å². The lowest BCUT2D eigenvalue weighted by Crippen LogP contribution is -2.34. The number of fused-ring (bicyclic) bond motifs is 1. The van der Waals surface area contributed by atoms with Crippen molar-refractivity contribution in [3.05, 3.63) is 89.3 Å². The largest absolute Gasteiger partial charge is 0.511 e. The molecule has 1 heterocycles. The van der Waals surface area contributed by atoms with E-state index in [-0.39, 0.29) is 5.76 Å². The summed E-state index contributed by atoms with van der Waals surface area (Å²) in [5.74, 6) is -0.793. The van der Waals surface area contributed by atoms with Gasteiger partial charge in [0.15, 0.2) is 5.58 Å². The molecule has 0 bridgehead atoms. The maximum atomic E-state index is 11.5. The van der Waals surface area contributed by atoms with Gasteiger partial charge >= 0.3 is 0 Å². The molecule has 4 rings (SSSR count). The number of aldehydes is 1. The Morgan fingerprint density at radius 3 is 2.69 bits per heavy atom. The number of allylic oxidation sites excluding steroid dienone is 2. The summed E-state index contributed by atoms with van der Waals surface area (Å²) in [4.78, 5) is 10.7. The average molecular weight is 347 g/mol. The number of benzene rings is 2. The summed E-state index contributed by atoms with van der Waals surface area (Å²) in [6.07, 6.45) is 5.95. The standard InChI is InChI=1S/C21H17NO4/c23-13-11-14-7-9-15(10-8-14)21(25)12-3-5-17(24)19(21)20-16-4-1-2-6-18(16)26-22-20/h1-10,12-13,19,24-25H,11H2. The minimum atomic E-state index is -1.49. The van der Waals surface area contributed by atoms with Crippen LogP contribution >= 0.6 is 0 Å². The Labute approximate surface area is 149 Å². The van der Waals surface area contributed by atoms with Crippen LogP contribution in [0.15, 0.2) is 77.0 Å². The Balaban J connectivity index is 1.84. The zero-order valence-corrected chi connectivity index (χ0v) is 13.9. The van der Waals surface area contributed by atoms with Crippen LogP contribution in [0.4, 0.5) is 0 Å². The van der Waals surface area contributed by atoms with E-state index in [0.29, 0.717) is 23.3 Å². The molecule has 0 fully saturated rings. The Kier molecular flexibility index (Phi) is 3.93. The van der Waals surface area contributed by atoms with E-state index in [0.717, 1.165) is 17.2 Å². The first-order valence-electron chi connectivity index (χ1n) is 8.31. The van der Waals surface area contributed by atoms with Gasteiger partial charge in [0, 0.05) is 11.8 Å². The first kappa shape index (κ1) is 16.3. The van der Waals surface area contributed by atoms with Crippen molar-refractivity contribution in [1.82, 2.24) is 5.16 Å². The van der Waals surface area contributed by atoms with Gasteiger partial charge in [0.25, 0.3) is 0 Å². The van der Waals surface area contributed by atoms with Crippen molar-refractivity contribution < 1.29 is 19.5 Å². The summed E-state index contributed by atoms with van der Waals surface area (Å²) < 4.78 is 5.37. The van der Waals surface area contributed by atoms with Crippen LogP contribution in [0.3, 0.4) is 0 Å². The van der Waals surface area contributed by atoms with Gasteiger partial charge < -0.3 is 19.5 Å². The van der Waals surface area contributed by atoms with Gasteiger partial charge in [-0.2, -0.15) is 0 Å². The summed E-state index contributed by atoms with van der Waals surface area (Å²) in [6, 6.07) is 14.4. The number of carbonyl (C=O) groups is 1. The van der Waals surface area contributed by atoms with Crippen LogP contribution < -0.4 is 0 Å². The molecule has 5 heteroatoms. The molecule has 2 unspecified atom stereocenters. The normalized spacial score (nSPS) is 22.3. The summed E-state index contributed by atoms with van der Waals surface area (Å²) in [7, 11) is 0. The fourth-order valence-corrected chi connectivity index (χ4v) is 3.44. The van der Waals surface area contributed by atoms with Crippen molar-refractivity contribution in [2.45, 2.75) is 17.9 Å². The molecular weight excluding hydrogens is 330 g/mol. The average Bonchev–Trinajstić information content (AvgIpc) is 3.06. The molecule has 2 N–H and O–H groups in total. The Hall–Kier alpha value is -3.18. The van der Waals surface area contributed by atoms with Gasteiger partial charge in [-0.3, -0.25) is 0 Å². The Morgan fingerprint density at radius 1 is 1.15 bits per heavy atom. The van der Waals surface area contributed by atoms with Crippen LogP contribution in [0, 0.1) is 0 Å². The van der Waals surface area contributed by atoms with Gasteiger partial charge in [0.2, 0.25) is 0 Å². The van der Waals surface area contributed by atoms with Crippen LogP contribution in [-0.2, 0) is 16.8 Å². The van der Waals surface area contributed by atoms with E-state index in [9.17, 15) is 15.0 Å². The number of aromatic nitrogens is 1. The zero-order valence-electron chi connectivity index (χ0n) is 13.9. The molecule has 130 valence electrons. The SMILES string of the molecule is O=CCc1ccc(C2(O)C=CC=C(O)C2c2noc3ccccc23)cc1. The molecule has 1 aliphatic carbocycles. The minimum absolute atomic E-state index is 0.00558. The predicted octanol–water partition coefficient (Wildman–Crippen LogP) is 3.55. The van der Waals surface area contributed by atoms with Crippen molar-refractivity contribution in [3.8, 4) is 0 Å². The maximum Gasteiger partial charge on any atom is 0.167 e. The second-order valence-electron chi connectivity index (χ2n) is 6.34. The molecule has 2 aromatic carbocycles. The molecule has 0 spiro atoms. The van der Waals surface area contributed by atoms with E-state index < -0.39 is 11.5 Å². The third-order valence-electron chi connectivity index (χ3n) is 4.77. The van der Waals surface area contributed by atoms with Crippen molar-refractivity contribution in [3.63, 3.8) is 0 Å². The van der Waals surface area contributed by atoms with Crippen LogP contribution in [0.25, 0.3) is 11.0 Å². The lowest BCUT2D eigenvalue weighted by Gasteiger charge is -2.34. The first-order valence-corrected chi connectivity index (χ1v) is 8.31. The molecule has 0 radical (unpaired) electrons. The van der Waals surface area contributed by atoms with Gasteiger partial charge in [-0.15, -0.1) is 0 Å². The quantitative estimate of drug-likeness (QED) is 0.705. The van der Waals surface area contributed by atoms with E-state index in [1.54, 1.807) is 48.6 Å². The predicted molar refractivity (Wildman–Crippen MR) is 96.7 cm³/mol. The third kappa shape index (κ3) is 2.53. The van der Waals surface area contributed by atoms with Gasteiger partial charge in [-0.25, -0.2) is 0 Å². The zero-order chi connectivity index (χ0) is 18.1. The van der Waals surface area contributed by atoms with Gasteiger partial charge in [0.1, 0.15) is 23.3 Å². The number of carbonyl (C=O) groups excluding carboxylic acids is 1.